The van der Waals surface area contributed by atoms with Crippen LogP contribution in [0.15, 0.2) is 18.2 Å². The lowest BCUT2D eigenvalue weighted by Crippen LogP contribution is -2.35. The number of nitrogen functional groups attached to an aromatic ring is 1. The molecule has 0 amide bonds. The van der Waals surface area contributed by atoms with E-state index in [0.717, 1.165) is 18.8 Å². The molecule has 0 unspecified atom stereocenters. The second-order valence-electron chi connectivity index (χ2n) is 6.17. The number of benzene rings is 1. The van der Waals surface area contributed by atoms with E-state index < -0.39 is 14.6 Å². The highest BCUT2D eigenvalue weighted by atomic mass is 32.2. The van der Waals surface area contributed by atoms with E-state index in [0.29, 0.717) is 6.54 Å². The minimum atomic E-state index is -3.05. The van der Waals surface area contributed by atoms with Crippen LogP contribution in [0.1, 0.15) is 31.9 Å². The molecule has 0 radical (unpaired) electrons. The van der Waals surface area contributed by atoms with Crippen molar-refractivity contribution < 1.29 is 8.42 Å². The molecule has 1 aromatic rings. The molecule has 2 rings (SSSR count). The maximum Gasteiger partial charge on any atom is 0.156 e. The van der Waals surface area contributed by atoms with E-state index >= 15 is 0 Å². The summed E-state index contributed by atoms with van der Waals surface area (Å²) in [5.74, 6) is 0.208. The number of rotatable bonds is 3. The minimum absolute atomic E-state index is 0.208. The van der Waals surface area contributed by atoms with Gasteiger partial charge in [-0.05, 0) is 44.0 Å². The third-order valence-corrected chi connectivity index (χ3v) is 6.21. The Labute approximate surface area is 115 Å². The van der Waals surface area contributed by atoms with Crippen LogP contribution in [0.2, 0.25) is 0 Å². The van der Waals surface area contributed by atoms with Crippen molar-refractivity contribution in [2.75, 3.05) is 18.0 Å². The van der Waals surface area contributed by atoms with Crippen LogP contribution in [0.25, 0.3) is 0 Å². The molecule has 1 aliphatic rings. The van der Waals surface area contributed by atoms with Crippen LogP contribution in [0.3, 0.4) is 0 Å². The molecule has 0 fully saturated rings. The minimum Gasteiger partial charge on any atom is -0.399 e. The maximum atomic E-state index is 12.1. The van der Waals surface area contributed by atoms with Crippen LogP contribution in [-0.2, 0) is 22.9 Å². The molecule has 1 heterocycles. The molecule has 0 bridgehead atoms. The Bertz CT molecular complexity index is 574. The lowest BCUT2D eigenvalue weighted by molar-refractivity contribution is 0.301. The summed E-state index contributed by atoms with van der Waals surface area (Å²) >= 11 is 0. The first-order valence-electron chi connectivity index (χ1n) is 6.51. The number of anilines is 1. The molecular weight excluding hydrogens is 260 g/mol. The average Bonchev–Trinajstić information content (AvgIpc) is 2.67. The second kappa shape index (κ2) is 4.80. The van der Waals surface area contributed by atoms with Gasteiger partial charge in [-0.25, -0.2) is 8.42 Å². The van der Waals surface area contributed by atoms with Gasteiger partial charge in [0.2, 0.25) is 0 Å². The molecule has 5 heteroatoms. The van der Waals surface area contributed by atoms with Gasteiger partial charge in [0.25, 0.3) is 0 Å². The summed E-state index contributed by atoms with van der Waals surface area (Å²) in [6.07, 6.45) is 0. The molecule has 0 saturated carbocycles. The Hall–Kier alpha value is -1.07. The number of hydrogen-bond acceptors (Lipinski definition) is 4. The molecule has 2 N–H and O–H groups in total. The third kappa shape index (κ3) is 3.09. The zero-order valence-corrected chi connectivity index (χ0v) is 12.6. The average molecular weight is 282 g/mol. The van der Waals surface area contributed by atoms with Gasteiger partial charge in [-0.1, -0.05) is 6.07 Å². The van der Waals surface area contributed by atoms with Gasteiger partial charge in [-0.15, -0.1) is 0 Å². The SMILES string of the molecule is CC(C)(C)S(=O)(=O)CCN1Cc2ccc(N)cc2C1. The van der Waals surface area contributed by atoms with Crippen LogP contribution in [0.4, 0.5) is 5.69 Å². The van der Waals surface area contributed by atoms with Gasteiger partial charge in [0.1, 0.15) is 0 Å². The summed E-state index contributed by atoms with van der Waals surface area (Å²) in [5, 5.41) is 0. The summed E-state index contributed by atoms with van der Waals surface area (Å²) in [5.41, 5.74) is 9.00. The van der Waals surface area contributed by atoms with Crippen molar-refractivity contribution in [1.29, 1.82) is 0 Å². The number of sulfone groups is 1. The predicted octanol–water partition coefficient (Wildman–Crippen LogP) is 1.80. The van der Waals surface area contributed by atoms with Gasteiger partial charge < -0.3 is 5.73 Å². The van der Waals surface area contributed by atoms with Crippen molar-refractivity contribution in [2.45, 2.75) is 38.6 Å². The largest absolute Gasteiger partial charge is 0.399 e. The normalized spacial score (nSPS) is 16.6. The van der Waals surface area contributed by atoms with Gasteiger partial charge in [0.15, 0.2) is 9.84 Å². The Morgan fingerprint density at radius 2 is 1.84 bits per heavy atom. The van der Waals surface area contributed by atoms with Gasteiger partial charge in [-0.2, -0.15) is 0 Å². The second-order valence-corrected chi connectivity index (χ2v) is 9.03. The number of nitrogens with two attached hydrogens (primary N) is 1. The predicted molar refractivity (Wildman–Crippen MR) is 78.5 cm³/mol. The highest BCUT2D eigenvalue weighted by Gasteiger charge is 2.30. The molecule has 0 spiro atoms. The third-order valence-electron chi connectivity index (χ3n) is 3.63. The van der Waals surface area contributed by atoms with Crippen molar-refractivity contribution in [3.63, 3.8) is 0 Å². The van der Waals surface area contributed by atoms with Crippen LogP contribution < -0.4 is 5.73 Å². The topological polar surface area (TPSA) is 63.4 Å². The van der Waals surface area contributed by atoms with E-state index in [1.54, 1.807) is 20.8 Å². The first-order valence-corrected chi connectivity index (χ1v) is 8.16. The van der Waals surface area contributed by atoms with Crippen molar-refractivity contribution in [3.05, 3.63) is 29.3 Å². The first kappa shape index (κ1) is 14.3. The molecule has 0 atom stereocenters. The first-order chi connectivity index (χ1) is 8.69. The van der Waals surface area contributed by atoms with Crippen molar-refractivity contribution in [1.82, 2.24) is 4.90 Å². The van der Waals surface area contributed by atoms with E-state index in [2.05, 4.69) is 4.90 Å². The fourth-order valence-corrected chi connectivity index (χ4v) is 3.31. The Morgan fingerprint density at radius 3 is 2.47 bits per heavy atom. The van der Waals surface area contributed by atoms with Gasteiger partial charge in [0, 0.05) is 25.3 Å². The lowest BCUT2D eigenvalue weighted by Gasteiger charge is -2.21. The molecule has 106 valence electrons. The molecular formula is C14H22N2O2S. The molecule has 0 aromatic heterocycles. The highest BCUT2D eigenvalue weighted by Crippen LogP contribution is 2.25. The van der Waals surface area contributed by atoms with Crippen LogP contribution in [0, 0.1) is 0 Å². The number of fused-ring (bicyclic) bond motifs is 1. The number of nitrogens with zero attached hydrogens (tertiary/aromatic N) is 1. The van der Waals surface area contributed by atoms with E-state index in [-0.39, 0.29) is 5.75 Å². The van der Waals surface area contributed by atoms with Gasteiger partial charge in [-0.3, -0.25) is 4.90 Å². The summed E-state index contributed by atoms with van der Waals surface area (Å²) in [6.45, 7) is 7.44. The lowest BCUT2D eigenvalue weighted by atomic mass is 10.1. The quantitative estimate of drug-likeness (QED) is 0.859. The van der Waals surface area contributed by atoms with E-state index in [4.69, 9.17) is 5.73 Å². The fraction of sp³-hybridized carbons (Fsp3) is 0.571. The maximum absolute atomic E-state index is 12.1. The Kier molecular flexibility index (Phi) is 3.62. The summed E-state index contributed by atoms with van der Waals surface area (Å²) < 4.78 is 23.5. The zero-order valence-electron chi connectivity index (χ0n) is 11.8. The van der Waals surface area contributed by atoms with Crippen LogP contribution in [-0.4, -0.2) is 30.4 Å². The Morgan fingerprint density at radius 1 is 1.21 bits per heavy atom. The molecule has 1 aliphatic heterocycles. The molecule has 0 saturated heterocycles. The number of hydrogen-bond donors (Lipinski definition) is 1. The van der Waals surface area contributed by atoms with Gasteiger partial charge >= 0.3 is 0 Å². The molecule has 0 aliphatic carbocycles. The van der Waals surface area contributed by atoms with Crippen molar-refractivity contribution in [3.8, 4) is 0 Å². The molecule has 4 nitrogen and oxygen atoms in total. The fourth-order valence-electron chi connectivity index (χ4n) is 2.20. The van der Waals surface area contributed by atoms with E-state index in [1.807, 2.05) is 18.2 Å². The highest BCUT2D eigenvalue weighted by molar-refractivity contribution is 7.92. The van der Waals surface area contributed by atoms with E-state index in [1.165, 1.54) is 11.1 Å². The summed E-state index contributed by atoms with van der Waals surface area (Å²) in [4.78, 5) is 2.16. The van der Waals surface area contributed by atoms with E-state index in [9.17, 15) is 8.42 Å². The smallest absolute Gasteiger partial charge is 0.156 e. The van der Waals surface area contributed by atoms with Gasteiger partial charge in [0.05, 0.1) is 10.5 Å². The standard InChI is InChI=1S/C14H22N2O2S/c1-14(2,3)19(17,18)7-6-16-9-11-4-5-13(15)8-12(11)10-16/h4-5,8H,6-7,9-10,15H2,1-3H3. The van der Waals surface area contributed by atoms with Crippen molar-refractivity contribution >= 4 is 15.5 Å². The molecule has 1 aromatic carbocycles. The Balaban J connectivity index is 1.98. The van der Waals surface area contributed by atoms with Crippen LogP contribution in [0.5, 0.6) is 0 Å². The van der Waals surface area contributed by atoms with Crippen molar-refractivity contribution in [2.24, 2.45) is 0 Å². The zero-order chi connectivity index (χ0) is 14.3. The summed E-state index contributed by atoms with van der Waals surface area (Å²) in [6, 6.07) is 5.91. The monoisotopic (exact) mass is 282 g/mol. The molecule has 19 heavy (non-hydrogen) atoms. The summed E-state index contributed by atoms with van der Waals surface area (Å²) in [7, 11) is -3.05. The van der Waals surface area contributed by atoms with Crippen LogP contribution >= 0.6 is 0 Å².